The maximum Gasteiger partial charge on any atom is 0.230 e. The summed E-state index contributed by atoms with van der Waals surface area (Å²) in [6, 6.07) is 15.2. The van der Waals surface area contributed by atoms with Crippen LogP contribution in [0.2, 0.25) is 0 Å². The molecule has 0 radical (unpaired) electrons. The summed E-state index contributed by atoms with van der Waals surface area (Å²) in [5.41, 5.74) is 4.97. The van der Waals surface area contributed by atoms with Crippen LogP contribution in [0.5, 0.6) is 5.75 Å². The minimum Gasteiger partial charge on any atom is -0.496 e. The lowest BCUT2D eigenvalue weighted by atomic mass is 9.78. The summed E-state index contributed by atoms with van der Waals surface area (Å²) in [6.45, 7) is 5.12. The van der Waals surface area contributed by atoms with Crippen LogP contribution < -0.4 is 9.64 Å². The fourth-order valence-corrected chi connectivity index (χ4v) is 5.78. The van der Waals surface area contributed by atoms with Crippen LogP contribution in [-0.2, 0) is 4.79 Å². The third-order valence-electron chi connectivity index (χ3n) is 7.71. The lowest BCUT2D eigenvalue weighted by Gasteiger charge is -2.35. The molecule has 4 rings (SSSR count). The molecule has 0 heterocycles. The number of aryl methyl sites for hydroxylation is 2. The molecule has 2 aromatic rings. The maximum absolute atomic E-state index is 13.6. The van der Waals surface area contributed by atoms with Crippen LogP contribution in [0.1, 0.15) is 80.4 Å². The molecule has 2 aromatic carbocycles. The highest BCUT2D eigenvalue weighted by atomic mass is 16.5. The van der Waals surface area contributed by atoms with E-state index in [1.165, 1.54) is 61.6 Å². The highest BCUT2D eigenvalue weighted by Crippen LogP contribution is 2.38. The van der Waals surface area contributed by atoms with Gasteiger partial charge in [0.05, 0.1) is 7.11 Å². The summed E-state index contributed by atoms with van der Waals surface area (Å²) >= 11 is 0. The molecule has 0 unspecified atom stereocenters. The molecule has 1 amide bonds. The van der Waals surface area contributed by atoms with Gasteiger partial charge in [-0.1, -0.05) is 43.5 Å². The van der Waals surface area contributed by atoms with Gasteiger partial charge < -0.3 is 9.64 Å². The van der Waals surface area contributed by atoms with Crippen molar-refractivity contribution >= 4 is 11.6 Å². The van der Waals surface area contributed by atoms with Gasteiger partial charge in [-0.25, -0.2) is 0 Å². The van der Waals surface area contributed by atoms with Crippen LogP contribution in [0, 0.1) is 25.7 Å². The Labute approximate surface area is 194 Å². The van der Waals surface area contributed by atoms with Crippen LogP contribution >= 0.6 is 0 Å². The van der Waals surface area contributed by atoms with E-state index >= 15 is 0 Å². The number of methoxy groups -OCH3 is 1. The second-order valence-electron chi connectivity index (χ2n) is 10.1. The van der Waals surface area contributed by atoms with E-state index in [4.69, 9.17) is 4.74 Å². The van der Waals surface area contributed by atoms with Gasteiger partial charge in [0.2, 0.25) is 5.91 Å². The standard InChI is InChI=1S/C29H39NO2/c1-21-8-7-11-27(18-21)30(29(31)25-9-5-4-6-10-25)20-23-12-14-24(15-13-23)26-16-17-28(32-3)22(2)19-26/h7-8,11,16-19,23-25H,4-6,9-10,12-15,20H2,1-3H3. The van der Waals surface area contributed by atoms with Crippen molar-refractivity contribution in [1.29, 1.82) is 0 Å². The maximum atomic E-state index is 13.6. The monoisotopic (exact) mass is 433 g/mol. The summed E-state index contributed by atoms with van der Waals surface area (Å²) in [4.78, 5) is 15.7. The number of carbonyl (C=O) groups is 1. The van der Waals surface area contributed by atoms with Gasteiger partial charge in [-0.2, -0.15) is 0 Å². The molecule has 2 aliphatic rings. The van der Waals surface area contributed by atoms with Crippen LogP contribution in [-0.4, -0.2) is 19.6 Å². The third-order valence-corrected chi connectivity index (χ3v) is 7.71. The molecule has 0 aromatic heterocycles. The van der Waals surface area contributed by atoms with E-state index in [1.54, 1.807) is 7.11 Å². The first kappa shape index (κ1) is 22.9. The smallest absolute Gasteiger partial charge is 0.230 e. The Balaban J connectivity index is 1.43. The van der Waals surface area contributed by atoms with Gasteiger partial charge in [0.15, 0.2) is 0 Å². The number of benzene rings is 2. The third kappa shape index (κ3) is 5.36. The Morgan fingerprint density at radius 1 is 0.938 bits per heavy atom. The van der Waals surface area contributed by atoms with E-state index in [0.29, 0.717) is 17.7 Å². The number of hydrogen-bond donors (Lipinski definition) is 0. The number of anilines is 1. The van der Waals surface area contributed by atoms with Gasteiger partial charge >= 0.3 is 0 Å². The van der Waals surface area contributed by atoms with Crippen molar-refractivity contribution in [2.24, 2.45) is 11.8 Å². The van der Waals surface area contributed by atoms with Crippen LogP contribution in [0.4, 0.5) is 5.69 Å². The Bertz CT molecular complexity index is 907. The zero-order valence-corrected chi connectivity index (χ0v) is 20.1. The van der Waals surface area contributed by atoms with Crippen molar-refractivity contribution < 1.29 is 9.53 Å². The molecule has 0 saturated heterocycles. The zero-order chi connectivity index (χ0) is 22.5. The molecule has 3 heteroatoms. The Morgan fingerprint density at radius 3 is 2.34 bits per heavy atom. The second-order valence-corrected chi connectivity index (χ2v) is 10.1. The SMILES string of the molecule is COc1ccc(C2CCC(CN(C(=O)C3CCCCC3)c3cccc(C)c3)CC2)cc1C. The first-order chi connectivity index (χ1) is 15.5. The quantitative estimate of drug-likeness (QED) is 0.482. The minimum atomic E-state index is 0.211. The molecule has 0 atom stereocenters. The summed E-state index contributed by atoms with van der Waals surface area (Å²) in [5.74, 6) is 2.75. The number of ether oxygens (including phenoxy) is 1. The van der Waals surface area contributed by atoms with Gasteiger partial charge in [-0.05, 0) is 99.1 Å². The van der Waals surface area contributed by atoms with Crippen molar-refractivity contribution in [3.63, 3.8) is 0 Å². The Morgan fingerprint density at radius 2 is 1.69 bits per heavy atom. The zero-order valence-electron chi connectivity index (χ0n) is 20.1. The van der Waals surface area contributed by atoms with Gasteiger partial charge in [0.1, 0.15) is 5.75 Å². The Kier molecular flexibility index (Phi) is 7.55. The molecule has 2 aliphatic carbocycles. The fraction of sp³-hybridized carbons (Fsp3) is 0.552. The molecule has 3 nitrogen and oxygen atoms in total. The average Bonchev–Trinajstić information content (AvgIpc) is 2.83. The predicted molar refractivity (Wildman–Crippen MR) is 133 cm³/mol. The van der Waals surface area contributed by atoms with Crippen molar-refractivity contribution in [2.75, 3.05) is 18.6 Å². The van der Waals surface area contributed by atoms with Gasteiger partial charge in [0.25, 0.3) is 0 Å². The molecule has 0 N–H and O–H groups in total. The molecule has 0 spiro atoms. The largest absolute Gasteiger partial charge is 0.496 e. The summed E-state index contributed by atoms with van der Waals surface area (Å²) < 4.78 is 5.43. The first-order valence-corrected chi connectivity index (χ1v) is 12.6. The average molecular weight is 434 g/mol. The van der Waals surface area contributed by atoms with Gasteiger partial charge in [-0.3, -0.25) is 4.79 Å². The topological polar surface area (TPSA) is 29.5 Å². The van der Waals surface area contributed by atoms with Crippen molar-refractivity contribution in [3.8, 4) is 5.75 Å². The van der Waals surface area contributed by atoms with Gasteiger partial charge in [-0.15, -0.1) is 0 Å². The number of carbonyl (C=O) groups excluding carboxylic acids is 1. The van der Waals surface area contributed by atoms with Crippen molar-refractivity contribution in [1.82, 2.24) is 0 Å². The number of hydrogen-bond acceptors (Lipinski definition) is 2. The lowest BCUT2D eigenvalue weighted by molar-refractivity contribution is -0.123. The highest BCUT2D eigenvalue weighted by Gasteiger charge is 2.30. The van der Waals surface area contributed by atoms with Crippen LogP contribution in [0.3, 0.4) is 0 Å². The van der Waals surface area contributed by atoms with Crippen molar-refractivity contribution in [3.05, 3.63) is 59.2 Å². The number of nitrogens with zero attached hydrogens (tertiary/aromatic N) is 1. The molecule has 0 bridgehead atoms. The van der Waals surface area contributed by atoms with E-state index in [9.17, 15) is 4.79 Å². The predicted octanol–water partition coefficient (Wildman–Crippen LogP) is 7.20. The van der Waals surface area contributed by atoms with Crippen molar-refractivity contribution in [2.45, 2.75) is 77.6 Å². The first-order valence-electron chi connectivity index (χ1n) is 12.6. The van der Waals surface area contributed by atoms with Crippen LogP contribution in [0.15, 0.2) is 42.5 Å². The molecular formula is C29H39NO2. The molecule has 172 valence electrons. The van der Waals surface area contributed by atoms with Crippen LogP contribution in [0.25, 0.3) is 0 Å². The van der Waals surface area contributed by atoms with Gasteiger partial charge in [0, 0.05) is 18.2 Å². The number of rotatable bonds is 6. The summed E-state index contributed by atoms with van der Waals surface area (Å²) in [7, 11) is 1.74. The van der Waals surface area contributed by atoms with E-state index in [1.807, 2.05) is 0 Å². The van der Waals surface area contributed by atoms with E-state index in [0.717, 1.165) is 30.8 Å². The highest BCUT2D eigenvalue weighted by molar-refractivity contribution is 5.95. The molecule has 2 saturated carbocycles. The van der Waals surface area contributed by atoms with E-state index < -0.39 is 0 Å². The lowest BCUT2D eigenvalue weighted by Crippen LogP contribution is -2.41. The number of amides is 1. The second kappa shape index (κ2) is 10.6. The fourth-order valence-electron chi connectivity index (χ4n) is 5.78. The molecule has 32 heavy (non-hydrogen) atoms. The molecule has 0 aliphatic heterocycles. The Hall–Kier alpha value is -2.29. The van der Waals surface area contributed by atoms with E-state index in [-0.39, 0.29) is 5.92 Å². The normalized spacial score (nSPS) is 21.8. The van der Waals surface area contributed by atoms with E-state index in [2.05, 4.69) is 61.2 Å². The minimum absolute atomic E-state index is 0.211. The molecular weight excluding hydrogens is 394 g/mol. The summed E-state index contributed by atoms with van der Waals surface area (Å²) in [6.07, 6.45) is 10.6. The molecule has 2 fully saturated rings. The summed E-state index contributed by atoms with van der Waals surface area (Å²) in [5, 5.41) is 0.